The van der Waals surface area contributed by atoms with Gasteiger partial charge in [0, 0.05) is 24.2 Å². The van der Waals surface area contributed by atoms with Crippen LogP contribution in [0.25, 0.3) is 16.7 Å². The molecule has 4 aromatic rings. The van der Waals surface area contributed by atoms with Crippen molar-refractivity contribution in [2.75, 3.05) is 0 Å². The Morgan fingerprint density at radius 2 is 1.91 bits per heavy atom. The maximum Gasteiger partial charge on any atom is 0.255 e. The lowest BCUT2D eigenvalue weighted by Gasteiger charge is -2.14. The molecule has 1 fully saturated rings. The third-order valence-corrected chi connectivity index (χ3v) is 5.76. The Hall–Kier alpha value is -3.94. The minimum Gasteiger partial charge on any atom is -0.456 e. The molecule has 1 aliphatic carbocycles. The average Bonchev–Trinajstić information content (AvgIpc) is 3.51. The van der Waals surface area contributed by atoms with Gasteiger partial charge in [-0.15, -0.1) is 0 Å². The molecule has 1 amide bonds. The molecule has 0 radical (unpaired) electrons. The third-order valence-electron chi connectivity index (χ3n) is 5.76. The quantitative estimate of drug-likeness (QED) is 0.478. The van der Waals surface area contributed by atoms with Crippen molar-refractivity contribution in [3.8, 4) is 17.2 Å². The molecule has 8 heteroatoms. The van der Waals surface area contributed by atoms with E-state index in [0.717, 1.165) is 18.4 Å². The zero-order valence-electron chi connectivity index (χ0n) is 18.3. The summed E-state index contributed by atoms with van der Waals surface area (Å²) in [6.07, 6.45) is 3.63. The van der Waals surface area contributed by atoms with Crippen LogP contribution >= 0.6 is 0 Å². The molecule has 5 rings (SSSR count). The number of ether oxygens (including phenoxy) is 1. The molecule has 0 bridgehead atoms. The summed E-state index contributed by atoms with van der Waals surface area (Å²) >= 11 is 0. The highest BCUT2D eigenvalue weighted by Gasteiger charge is 2.24. The predicted molar refractivity (Wildman–Crippen MR) is 123 cm³/mol. The molecule has 7 nitrogen and oxygen atoms in total. The van der Waals surface area contributed by atoms with Gasteiger partial charge in [-0.2, -0.15) is 5.10 Å². The summed E-state index contributed by atoms with van der Waals surface area (Å²) in [6, 6.07) is 12.9. The molecule has 0 atom stereocenters. The van der Waals surface area contributed by atoms with Gasteiger partial charge in [0.2, 0.25) is 0 Å². The highest BCUT2D eigenvalue weighted by atomic mass is 19.1. The summed E-state index contributed by atoms with van der Waals surface area (Å²) in [4.78, 5) is 25.4. The number of amides is 1. The van der Waals surface area contributed by atoms with Crippen LogP contribution in [0, 0.1) is 12.7 Å². The van der Waals surface area contributed by atoms with Crippen LogP contribution in [-0.4, -0.2) is 26.3 Å². The number of aromatic nitrogens is 3. The summed E-state index contributed by atoms with van der Waals surface area (Å²) in [6.45, 7) is 4.18. The van der Waals surface area contributed by atoms with Gasteiger partial charge in [-0.1, -0.05) is 6.07 Å². The number of nitrogens with one attached hydrogen (secondary N) is 1. The Bertz CT molecular complexity index is 1420. The van der Waals surface area contributed by atoms with E-state index in [1.54, 1.807) is 39.7 Å². The van der Waals surface area contributed by atoms with Crippen LogP contribution in [0.5, 0.6) is 11.5 Å². The SMILES string of the molecule is CCn1c(=O)cc(Oc2cc(C(=O)NC3CC3)ccc2C)c2cnn(-c3ccc(F)cc3)c21. The lowest BCUT2D eigenvalue weighted by Crippen LogP contribution is -2.25. The number of rotatable bonds is 6. The fraction of sp³-hybridized carbons (Fsp3) is 0.240. The smallest absolute Gasteiger partial charge is 0.255 e. The van der Waals surface area contributed by atoms with Crippen molar-refractivity contribution >= 4 is 16.9 Å². The molecule has 2 aromatic heterocycles. The average molecular weight is 446 g/mol. The molecule has 1 N–H and O–H groups in total. The zero-order chi connectivity index (χ0) is 23.1. The number of nitrogens with zero attached hydrogens (tertiary/aromatic N) is 3. The maximum atomic E-state index is 13.4. The summed E-state index contributed by atoms with van der Waals surface area (Å²) in [7, 11) is 0. The number of hydrogen-bond acceptors (Lipinski definition) is 4. The van der Waals surface area contributed by atoms with Gasteiger partial charge in [0.15, 0.2) is 0 Å². The van der Waals surface area contributed by atoms with Crippen molar-refractivity contribution in [1.82, 2.24) is 19.7 Å². The van der Waals surface area contributed by atoms with Gasteiger partial charge in [-0.05, 0) is 68.7 Å². The summed E-state index contributed by atoms with van der Waals surface area (Å²) in [5.41, 5.74) is 2.26. The second kappa shape index (κ2) is 8.20. The number of aryl methyl sites for hydroxylation is 2. The first-order valence-electron chi connectivity index (χ1n) is 10.9. The van der Waals surface area contributed by atoms with Crippen LogP contribution in [0.1, 0.15) is 35.7 Å². The number of fused-ring (bicyclic) bond motifs is 1. The minimum atomic E-state index is -0.354. The molecular formula is C25H23FN4O3. The summed E-state index contributed by atoms with van der Waals surface area (Å²) < 4.78 is 22.8. The largest absolute Gasteiger partial charge is 0.456 e. The molecule has 2 heterocycles. The van der Waals surface area contributed by atoms with E-state index in [0.29, 0.717) is 40.3 Å². The van der Waals surface area contributed by atoms with Crippen LogP contribution in [-0.2, 0) is 6.54 Å². The lowest BCUT2D eigenvalue weighted by molar-refractivity contribution is 0.0950. The van der Waals surface area contributed by atoms with E-state index in [9.17, 15) is 14.0 Å². The molecule has 0 spiro atoms. The molecule has 0 aliphatic heterocycles. The fourth-order valence-electron chi connectivity index (χ4n) is 3.78. The van der Waals surface area contributed by atoms with Crippen molar-refractivity contribution in [2.24, 2.45) is 0 Å². The van der Waals surface area contributed by atoms with E-state index in [-0.39, 0.29) is 23.3 Å². The Labute approximate surface area is 189 Å². The van der Waals surface area contributed by atoms with Gasteiger partial charge in [0.05, 0.1) is 17.3 Å². The van der Waals surface area contributed by atoms with E-state index >= 15 is 0 Å². The number of carbonyl (C=O) groups is 1. The van der Waals surface area contributed by atoms with Crippen LogP contribution in [0.3, 0.4) is 0 Å². The van der Waals surface area contributed by atoms with Crippen LogP contribution in [0.4, 0.5) is 4.39 Å². The monoisotopic (exact) mass is 446 g/mol. The van der Waals surface area contributed by atoms with Gasteiger partial charge in [0.1, 0.15) is 23.0 Å². The highest BCUT2D eigenvalue weighted by Crippen LogP contribution is 2.32. The first kappa shape index (κ1) is 20.9. The molecule has 33 heavy (non-hydrogen) atoms. The normalized spacial score (nSPS) is 13.3. The van der Waals surface area contributed by atoms with Gasteiger partial charge >= 0.3 is 0 Å². The second-order valence-corrected chi connectivity index (χ2v) is 8.19. The highest BCUT2D eigenvalue weighted by molar-refractivity contribution is 5.95. The second-order valence-electron chi connectivity index (χ2n) is 8.19. The molecule has 0 saturated heterocycles. The van der Waals surface area contributed by atoms with Crippen molar-refractivity contribution in [3.05, 3.63) is 82.0 Å². The maximum absolute atomic E-state index is 13.4. The van der Waals surface area contributed by atoms with Crippen LogP contribution < -0.4 is 15.6 Å². The molecular weight excluding hydrogens is 423 g/mol. The zero-order valence-corrected chi connectivity index (χ0v) is 18.3. The first-order valence-corrected chi connectivity index (χ1v) is 10.9. The summed E-state index contributed by atoms with van der Waals surface area (Å²) in [5.74, 6) is 0.338. The first-order chi connectivity index (χ1) is 15.9. The van der Waals surface area contributed by atoms with Crippen LogP contribution in [0.2, 0.25) is 0 Å². The Morgan fingerprint density at radius 1 is 1.15 bits per heavy atom. The van der Waals surface area contributed by atoms with E-state index in [1.165, 1.54) is 18.2 Å². The van der Waals surface area contributed by atoms with Gasteiger partial charge < -0.3 is 10.1 Å². The number of pyridine rings is 1. The third kappa shape index (κ3) is 4.00. The fourth-order valence-corrected chi connectivity index (χ4v) is 3.78. The van der Waals surface area contributed by atoms with Gasteiger partial charge in [-0.25, -0.2) is 9.07 Å². The molecule has 168 valence electrons. The molecule has 1 aliphatic rings. The molecule has 1 saturated carbocycles. The molecule has 0 unspecified atom stereocenters. The van der Waals surface area contributed by atoms with E-state index in [2.05, 4.69) is 10.4 Å². The topological polar surface area (TPSA) is 78.2 Å². The minimum absolute atomic E-state index is 0.141. The van der Waals surface area contributed by atoms with Gasteiger partial charge in [-0.3, -0.25) is 14.2 Å². The summed E-state index contributed by atoms with van der Waals surface area (Å²) in [5, 5.41) is 8.05. The van der Waals surface area contributed by atoms with Gasteiger partial charge in [0.25, 0.3) is 11.5 Å². The van der Waals surface area contributed by atoms with Crippen molar-refractivity contribution < 1.29 is 13.9 Å². The van der Waals surface area contributed by atoms with Crippen LogP contribution in [0.15, 0.2) is 59.5 Å². The lowest BCUT2D eigenvalue weighted by atomic mass is 10.1. The Balaban J connectivity index is 1.59. The number of halogens is 1. The Kier molecular flexibility index (Phi) is 5.20. The number of benzene rings is 2. The predicted octanol–water partition coefficient (Wildman–Crippen LogP) is 4.34. The standard InChI is InChI=1S/C25H23FN4O3/c1-3-29-23(31)13-22(20-14-27-30(25(20)29)19-10-6-17(26)7-11-19)33-21-12-16(5-4-15(21)2)24(32)28-18-8-9-18/h4-7,10-14,18H,3,8-9H2,1-2H3,(H,28,32). The Morgan fingerprint density at radius 3 is 2.61 bits per heavy atom. The molecule has 2 aromatic carbocycles. The number of hydrogen-bond donors (Lipinski definition) is 1. The van der Waals surface area contributed by atoms with Crippen molar-refractivity contribution in [2.45, 2.75) is 39.3 Å². The van der Waals surface area contributed by atoms with E-state index in [4.69, 9.17) is 4.74 Å². The number of carbonyl (C=O) groups excluding carboxylic acids is 1. The van der Waals surface area contributed by atoms with Crippen molar-refractivity contribution in [1.29, 1.82) is 0 Å². The van der Waals surface area contributed by atoms with E-state index < -0.39 is 0 Å². The van der Waals surface area contributed by atoms with Crippen molar-refractivity contribution in [3.63, 3.8) is 0 Å². The van der Waals surface area contributed by atoms with E-state index in [1.807, 2.05) is 19.9 Å².